The molecular weight excluding hydrogens is 330 g/mol. The highest BCUT2D eigenvalue weighted by molar-refractivity contribution is 8.01. The van der Waals surface area contributed by atoms with Gasteiger partial charge in [0.1, 0.15) is 0 Å². The Hall–Kier alpha value is -1.73. The van der Waals surface area contributed by atoms with Crippen LogP contribution in [-0.4, -0.2) is 27.1 Å². The van der Waals surface area contributed by atoms with E-state index < -0.39 is 0 Å². The fraction of sp³-hybridized carbons (Fsp3) is 0.375. The maximum atomic E-state index is 11.9. The van der Waals surface area contributed by atoms with Crippen LogP contribution in [0.2, 0.25) is 0 Å². The highest BCUT2D eigenvalue weighted by Crippen LogP contribution is 2.28. The van der Waals surface area contributed by atoms with Gasteiger partial charge in [0.05, 0.1) is 0 Å². The number of carbonyl (C=O) groups is 2. The molecule has 0 aliphatic carbocycles. The van der Waals surface area contributed by atoms with Gasteiger partial charge in [-0.05, 0) is 6.42 Å². The van der Waals surface area contributed by atoms with Crippen molar-refractivity contribution in [2.45, 2.75) is 42.7 Å². The highest BCUT2D eigenvalue weighted by Gasteiger charge is 2.11. The number of hydrogen-bond donors (Lipinski definition) is 1. The third-order valence-electron chi connectivity index (χ3n) is 2.89. The second kappa shape index (κ2) is 8.79. The molecule has 0 bridgehead atoms. The van der Waals surface area contributed by atoms with Crippen molar-refractivity contribution in [1.82, 2.24) is 10.2 Å². The number of aromatic nitrogens is 2. The van der Waals surface area contributed by atoms with Crippen LogP contribution in [0.25, 0.3) is 0 Å². The monoisotopic (exact) mass is 349 g/mol. The van der Waals surface area contributed by atoms with Gasteiger partial charge < -0.3 is 5.32 Å². The van der Waals surface area contributed by atoms with Crippen LogP contribution in [0.15, 0.2) is 34.7 Å². The lowest BCUT2D eigenvalue weighted by atomic mass is 10.1. The van der Waals surface area contributed by atoms with E-state index in [2.05, 4.69) is 29.4 Å². The number of anilines is 1. The zero-order chi connectivity index (χ0) is 16.7. The summed E-state index contributed by atoms with van der Waals surface area (Å²) in [6.45, 7) is 4.15. The summed E-state index contributed by atoms with van der Waals surface area (Å²) in [6.07, 6.45) is 1.18. The van der Waals surface area contributed by atoms with E-state index in [0.29, 0.717) is 35.2 Å². The van der Waals surface area contributed by atoms with Crippen LogP contribution in [-0.2, 0) is 4.79 Å². The Morgan fingerprint density at radius 1 is 1.17 bits per heavy atom. The molecule has 0 saturated carbocycles. The molecule has 1 aromatic carbocycles. The molecule has 0 radical (unpaired) electrons. The number of benzene rings is 1. The molecule has 23 heavy (non-hydrogen) atoms. The lowest BCUT2D eigenvalue weighted by Gasteiger charge is -2.02. The van der Waals surface area contributed by atoms with E-state index in [9.17, 15) is 9.59 Å². The molecule has 1 N–H and O–H groups in total. The first-order chi connectivity index (χ1) is 11.0. The molecule has 2 aromatic rings. The molecule has 1 aromatic heterocycles. The number of nitrogens with zero attached hydrogens (tertiary/aromatic N) is 2. The minimum Gasteiger partial charge on any atom is -0.301 e. The maximum Gasteiger partial charge on any atom is 0.226 e. The summed E-state index contributed by atoms with van der Waals surface area (Å²) in [5, 5.41) is 11.6. The molecule has 0 spiro atoms. The van der Waals surface area contributed by atoms with Gasteiger partial charge in [-0.15, -0.1) is 10.2 Å². The number of nitrogens with one attached hydrogen (secondary N) is 1. The molecule has 122 valence electrons. The summed E-state index contributed by atoms with van der Waals surface area (Å²) in [4.78, 5) is 23.8. The van der Waals surface area contributed by atoms with E-state index in [-0.39, 0.29) is 11.7 Å². The number of carbonyl (C=O) groups excluding carboxylic acids is 2. The first-order valence-electron chi connectivity index (χ1n) is 7.43. The Bertz CT molecular complexity index is 656. The van der Waals surface area contributed by atoms with Crippen molar-refractivity contribution in [2.75, 3.05) is 5.32 Å². The van der Waals surface area contributed by atoms with Crippen LogP contribution in [0, 0.1) is 0 Å². The van der Waals surface area contributed by atoms with Gasteiger partial charge in [-0.3, -0.25) is 9.59 Å². The van der Waals surface area contributed by atoms with Gasteiger partial charge in [0, 0.05) is 23.7 Å². The second-order valence-electron chi connectivity index (χ2n) is 5.23. The molecule has 0 aliphatic heterocycles. The summed E-state index contributed by atoms with van der Waals surface area (Å²) in [5.74, 6) is -0.0759. The average molecular weight is 349 g/mol. The standard InChI is InChI=1S/C16H19N3O2S2/c1-11(2)22-16-19-18-15(23-16)17-14(21)10-6-9-13(20)12-7-4-3-5-8-12/h3-5,7-8,11H,6,9-10H2,1-2H3,(H,17,18,21). The molecule has 2 rings (SSSR count). The minimum absolute atomic E-state index is 0.0601. The molecule has 0 saturated heterocycles. The van der Waals surface area contributed by atoms with E-state index in [1.54, 1.807) is 23.9 Å². The van der Waals surface area contributed by atoms with E-state index in [1.807, 2.05) is 18.2 Å². The van der Waals surface area contributed by atoms with Gasteiger partial charge in [-0.2, -0.15) is 0 Å². The predicted molar refractivity (Wildman–Crippen MR) is 94.2 cm³/mol. The van der Waals surface area contributed by atoms with Gasteiger partial charge >= 0.3 is 0 Å². The third-order valence-corrected chi connectivity index (χ3v) is 4.82. The normalized spacial score (nSPS) is 10.7. The van der Waals surface area contributed by atoms with Crippen molar-refractivity contribution >= 4 is 39.9 Å². The summed E-state index contributed by atoms with van der Waals surface area (Å²) in [7, 11) is 0. The molecular formula is C16H19N3O2S2. The lowest BCUT2D eigenvalue weighted by Crippen LogP contribution is -2.11. The van der Waals surface area contributed by atoms with Crippen LogP contribution in [0.4, 0.5) is 5.13 Å². The van der Waals surface area contributed by atoms with Crippen LogP contribution in [0.1, 0.15) is 43.5 Å². The number of hydrogen-bond acceptors (Lipinski definition) is 6. The molecule has 1 amide bonds. The topological polar surface area (TPSA) is 72.0 Å². The molecule has 5 nitrogen and oxygen atoms in total. The average Bonchev–Trinajstić information content (AvgIpc) is 2.94. The first-order valence-corrected chi connectivity index (χ1v) is 9.12. The molecule has 0 fully saturated rings. The first kappa shape index (κ1) is 17.6. The van der Waals surface area contributed by atoms with Crippen molar-refractivity contribution in [3.05, 3.63) is 35.9 Å². The Morgan fingerprint density at radius 3 is 2.61 bits per heavy atom. The summed E-state index contributed by atoms with van der Waals surface area (Å²) < 4.78 is 0.842. The highest BCUT2D eigenvalue weighted by atomic mass is 32.2. The van der Waals surface area contributed by atoms with Crippen molar-refractivity contribution in [3.8, 4) is 0 Å². The molecule has 0 atom stereocenters. The number of ketones is 1. The van der Waals surface area contributed by atoms with Crippen LogP contribution < -0.4 is 5.32 Å². The van der Waals surface area contributed by atoms with E-state index in [1.165, 1.54) is 11.3 Å². The summed E-state index contributed by atoms with van der Waals surface area (Å²) in [6, 6.07) is 9.12. The van der Waals surface area contributed by atoms with Crippen molar-refractivity contribution < 1.29 is 9.59 Å². The number of amides is 1. The van der Waals surface area contributed by atoms with Crippen LogP contribution in [0.5, 0.6) is 0 Å². The van der Waals surface area contributed by atoms with Crippen LogP contribution >= 0.6 is 23.1 Å². The Labute approximate surface area is 143 Å². The van der Waals surface area contributed by atoms with Gasteiger partial charge in [-0.1, -0.05) is 67.3 Å². The SMILES string of the molecule is CC(C)Sc1nnc(NC(=O)CCCC(=O)c2ccccc2)s1. The van der Waals surface area contributed by atoms with E-state index in [4.69, 9.17) is 0 Å². The van der Waals surface area contributed by atoms with Crippen molar-refractivity contribution in [3.63, 3.8) is 0 Å². The number of rotatable bonds is 8. The van der Waals surface area contributed by atoms with E-state index >= 15 is 0 Å². The Kier molecular flexibility index (Phi) is 6.73. The second-order valence-corrected chi connectivity index (χ2v) is 8.03. The largest absolute Gasteiger partial charge is 0.301 e. The lowest BCUT2D eigenvalue weighted by molar-refractivity contribution is -0.116. The zero-order valence-electron chi connectivity index (χ0n) is 13.1. The van der Waals surface area contributed by atoms with Crippen LogP contribution in [0.3, 0.4) is 0 Å². The molecule has 0 aliphatic rings. The summed E-state index contributed by atoms with van der Waals surface area (Å²) in [5.41, 5.74) is 0.687. The minimum atomic E-state index is -0.136. The molecule has 0 unspecified atom stereocenters. The number of Topliss-reactive ketones (excluding diaryl/α,β-unsaturated/α-hetero) is 1. The number of thioether (sulfide) groups is 1. The van der Waals surface area contributed by atoms with Crippen molar-refractivity contribution in [1.29, 1.82) is 0 Å². The maximum absolute atomic E-state index is 11.9. The molecule has 7 heteroatoms. The Morgan fingerprint density at radius 2 is 1.91 bits per heavy atom. The van der Waals surface area contributed by atoms with Gasteiger partial charge in [0.2, 0.25) is 11.0 Å². The zero-order valence-corrected chi connectivity index (χ0v) is 14.7. The summed E-state index contributed by atoms with van der Waals surface area (Å²) >= 11 is 2.98. The fourth-order valence-corrected chi connectivity index (χ4v) is 3.86. The third kappa shape index (κ3) is 6.11. The van der Waals surface area contributed by atoms with Gasteiger partial charge in [0.15, 0.2) is 10.1 Å². The van der Waals surface area contributed by atoms with Crippen molar-refractivity contribution in [2.24, 2.45) is 0 Å². The van der Waals surface area contributed by atoms with E-state index in [0.717, 1.165) is 4.34 Å². The van der Waals surface area contributed by atoms with Gasteiger partial charge in [-0.25, -0.2) is 0 Å². The van der Waals surface area contributed by atoms with Gasteiger partial charge in [0.25, 0.3) is 0 Å². The predicted octanol–water partition coefficient (Wildman–Crippen LogP) is 4.03. The molecule has 1 heterocycles. The fourth-order valence-electron chi connectivity index (χ4n) is 1.87. The smallest absolute Gasteiger partial charge is 0.226 e. The Balaban J connectivity index is 1.73. The quantitative estimate of drug-likeness (QED) is 0.442.